The Morgan fingerprint density at radius 2 is 2.03 bits per heavy atom. The number of carbonyl (C=O) groups excluding carboxylic acids is 2. The SMILES string of the molecule is CCC(C)N(C(=O)COC(=O)c1c2c(nc3ccccc13)C(=Cc1cccs1)CCC2)C1CCS(=O)(=O)C1. The molecule has 2 aliphatic rings. The van der Waals surface area contributed by atoms with E-state index in [-0.39, 0.29) is 29.5 Å². The van der Waals surface area contributed by atoms with E-state index in [1.807, 2.05) is 49.6 Å². The summed E-state index contributed by atoms with van der Waals surface area (Å²) in [6.45, 7) is 3.43. The highest BCUT2D eigenvalue weighted by Gasteiger charge is 2.37. The van der Waals surface area contributed by atoms with Gasteiger partial charge in [-0.2, -0.15) is 0 Å². The van der Waals surface area contributed by atoms with Crippen LogP contribution in [0.4, 0.5) is 0 Å². The van der Waals surface area contributed by atoms with Crippen LogP contribution in [0.15, 0.2) is 41.8 Å². The minimum Gasteiger partial charge on any atom is -0.452 e. The van der Waals surface area contributed by atoms with Gasteiger partial charge in [0.1, 0.15) is 0 Å². The van der Waals surface area contributed by atoms with Crippen molar-refractivity contribution in [3.05, 3.63) is 63.5 Å². The Balaban J connectivity index is 1.45. The maximum atomic E-state index is 13.6. The van der Waals surface area contributed by atoms with E-state index in [0.717, 1.165) is 34.5 Å². The zero-order valence-electron chi connectivity index (χ0n) is 21.7. The lowest BCUT2D eigenvalue weighted by Crippen LogP contribution is -2.48. The van der Waals surface area contributed by atoms with Crippen molar-refractivity contribution in [3.8, 4) is 0 Å². The number of hydrogen-bond donors (Lipinski definition) is 0. The number of amides is 1. The van der Waals surface area contributed by atoms with Crippen LogP contribution >= 0.6 is 11.3 Å². The standard InChI is InChI=1S/C29H32N2O5S2/c1-3-19(2)31(21-13-15-38(34,35)18-21)26(32)17-36-29(33)27-23-10-4-5-12-25(23)30-28-20(8-6-11-24(27)28)16-22-9-7-14-37-22/h4-5,7,9-10,12,14,16,19,21H,3,6,8,11,13,15,17-18H2,1-2H3. The molecule has 9 heteroatoms. The Morgan fingerprint density at radius 3 is 2.74 bits per heavy atom. The zero-order chi connectivity index (χ0) is 26.9. The molecule has 3 aromatic rings. The summed E-state index contributed by atoms with van der Waals surface area (Å²) >= 11 is 1.66. The van der Waals surface area contributed by atoms with Crippen LogP contribution < -0.4 is 0 Å². The van der Waals surface area contributed by atoms with Gasteiger partial charge in [-0.05, 0) is 73.8 Å². The van der Waals surface area contributed by atoms with Crippen molar-refractivity contribution >= 4 is 55.6 Å². The quantitative estimate of drug-likeness (QED) is 0.377. The van der Waals surface area contributed by atoms with E-state index in [1.165, 1.54) is 0 Å². The second-order valence-corrected chi connectivity index (χ2v) is 13.3. The van der Waals surface area contributed by atoms with Gasteiger partial charge in [-0.15, -0.1) is 11.3 Å². The first-order valence-corrected chi connectivity index (χ1v) is 15.8. The van der Waals surface area contributed by atoms with Gasteiger partial charge in [-0.3, -0.25) is 4.79 Å². The van der Waals surface area contributed by atoms with Crippen molar-refractivity contribution in [3.63, 3.8) is 0 Å². The molecule has 0 saturated carbocycles. The molecule has 1 amide bonds. The van der Waals surface area contributed by atoms with Gasteiger partial charge < -0.3 is 9.64 Å². The number of thiophene rings is 1. The summed E-state index contributed by atoms with van der Waals surface area (Å²) in [5, 5.41) is 2.75. The highest BCUT2D eigenvalue weighted by Crippen LogP contribution is 2.37. The molecule has 0 bridgehead atoms. The molecule has 5 rings (SSSR count). The highest BCUT2D eigenvalue weighted by molar-refractivity contribution is 7.91. The first-order valence-electron chi connectivity index (χ1n) is 13.1. The van der Waals surface area contributed by atoms with Crippen LogP contribution in [0, 0.1) is 0 Å². The molecule has 1 aliphatic heterocycles. The number of rotatable bonds is 7. The predicted molar refractivity (Wildman–Crippen MR) is 151 cm³/mol. The van der Waals surface area contributed by atoms with Gasteiger partial charge in [0.15, 0.2) is 16.4 Å². The van der Waals surface area contributed by atoms with E-state index in [1.54, 1.807) is 16.2 Å². The van der Waals surface area contributed by atoms with Gasteiger partial charge in [-0.1, -0.05) is 31.2 Å². The number of aromatic nitrogens is 1. The number of benzene rings is 1. The van der Waals surface area contributed by atoms with Crippen molar-refractivity contribution in [1.82, 2.24) is 9.88 Å². The first kappa shape index (κ1) is 26.6. The molecule has 1 aliphatic carbocycles. The number of ether oxygens (including phenoxy) is 1. The van der Waals surface area contributed by atoms with E-state index in [0.29, 0.717) is 35.7 Å². The van der Waals surface area contributed by atoms with Gasteiger partial charge in [0, 0.05) is 22.3 Å². The van der Waals surface area contributed by atoms with Gasteiger partial charge in [-0.25, -0.2) is 18.2 Å². The van der Waals surface area contributed by atoms with Crippen LogP contribution in [0.3, 0.4) is 0 Å². The molecule has 200 valence electrons. The maximum Gasteiger partial charge on any atom is 0.339 e. The van der Waals surface area contributed by atoms with Crippen LogP contribution in [0.1, 0.15) is 66.0 Å². The van der Waals surface area contributed by atoms with Crippen molar-refractivity contribution < 1.29 is 22.7 Å². The first-order chi connectivity index (χ1) is 18.3. The second-order valence-electron chi connectivity index (χ2n) is 10.1. The number of hydrogen-bond acceptors (Lipinski definition) is 7. The van der Waals surface area contributed by atoms with E-state index in [9.17, 15) is 18.0 Å². The second kappa shape index (κ2) is 11.0. The molecule has 1 aromatic carbocycles. The van der Waals surface area contributed by atoms with E-state index in [2.05, 4.69) is 12.1 Å². The molecule has 1 fully saturated rings. The summed E-state index contributed by atoms with van der Waals surface area (Å²) in [5.74, 6) is -0.874. The minimum absolute atomic E-state index is 0.0428. The number of carbonyl (C=O) groups is 2. The molecular formula is C29H32N2O5S2. The molecule has 1 saturated heterocycles. The molecule has 0 N–H and O–H groups in total. The number of pyridine rings is 1. The molecule has 7 nitrogen and oxygen atoms in total. The summed E-state index contributed by atoms with van der Waals surface area (Å²) in [6.07, 6.45) is 5.69. The van der Waals surface area contributed by atoms with Gasteiger partial charge in [0.2, 0.25) is 0 Å². The summed E-state index contributed by atoms with van der Waals surface area (Å²) in [5.41, 5.74) is 3.94. The fourth-order valence-electron chi connectivity index (χ4n) is 5.53. The predicted octanol–water partition coefficient (Wildman–Crippen LogP) is 5.14. The minimum atomic E-state index is -3.16. The Hall–Kier alpha value is -3.04. The normalized spacial score (nSPS) is 20.3. The molecule has 0 radical (unpaired) electrons. The third-order valence-electron chi connectivity index (χ3n) is 7.52. The smallest absolute Gasteiger partial charge is 0.339 e. The third-order valence-corrected chi connectivity index (χ3v) is 10.1. The topological polar surface area (TPSA) is 93.6 Å². The van der Waals surface area contributed by atoms with Crippen LogP contribution in [0.25, 0.3) is 22.6 Å². The number of allylic oxidation sites excluding steroid dienone is 1. The Kier molecular flexibility index (Phi) is 7.68. The lowest BCUT2D eigenvalue weighted by atomic mass is 9.86. The number of nitrogens with zero attached hydrogens (tertiary/aromatic N) is 2. The number of fused-ring (bicyclic) bond motifs is 2. The van der Waals surface area contributed by atoms with E-state index >= 15 is 0 Å². The molecule has 3 heterocycles. The lowest BCUT2D eigenvalue weighted by Gasteiger charge is -2.33. The number of para-hydroxylation sites is 1. The maximum absolute atomic E-state index is 13.6. The van der Waals surface area contributed by atoms with Gasteiger partial charge in [0.05, 0.1) is 28.3 Å². The summed E-state index contributed by atoms with van der Waals surface area (Å²) in [7, 11) is -3.16. The molecule has 0 spiro atoms. The highest BCUT2D eigenvalue weighted by atomic mass is 32.2. The lowest BCUT2D eigenvalue weighted by molar-refractivity contribution is -0.138. The van der Waals surface area contributed by atoms with Crippen molar-refractivity contribution in [2.45, 2.75) is 58.0 Å². The average Bonchev–Trinajstić information content (AvgIpc) is 3.55. The Bertz CT molecular complexity index is 1490. The van der Waals surface area contributed by atoms with Crippen LogP contribution in [-0.2, 0) is 25.8 Å². The van der Waals surface area contributed by atoms with E-state index < -0.39 is 22.4 Å². The van der Waals surface area contributed by atoms with Crippen LogP contribution in [-0.4, -0.2) is 60.4 Å². The molecule has 38 heavy (non-hydrogen) atoms. The summed E-state index contributed by atoms with van der Waals surface area (Å²) in [6, 6.07) is 11.1. The molecule has 2 aromatic heterocycles. The zero-order valence-corrected chi connectivity index (χ0v) is 23.3. The van der Waals surface area contributed by atoms with Crippen LogP contribution in [0.5, 0.6) is 0 Å². The van der Waals surface area contributed by atoms with Crippen molar-refractivity contribution in [2.24, 2.45) is 0 Å². The Labute approximate surface area is 227 Å². The Morgan fingerprint density at radius 1 is 1.21 bits per heavy atom. The molecule has 2 atom stereocenters. The summed E-state index contributed by atoms with van der Waals surface area (Å²) in [4.78, 5) is 34.6. The van der Waals surface area contributed by atoms with Gasteiger partial charge >= 0.3 is 5.97 Å². The third kappa shape index (κ3) is 5.40. The molecule has 2 unspecified atom stereocenters. The summed E-state index contributed by atoms with van der Waals surface area (Å²) < 4.78 is 29.8. The van der Waals surface area contributed by atoms with Gasteiger partial charge in [0.25, 0.3) is 5.91 Å². The number of esters is 1. The fraction of sp³-hybridized carbons (Fsp3) is 0.414. The average molecular weight is 553 g/mol. The number of sulfone groups is 1. The van der Waals surface area contributed by atoms with Crippen molar-refractivity contribution in [1.29, 1.82) is 0 Å². The fourth-order valence-corrected chi connectivity index (χ4v) is 7.92. The molecular weight excluding hydrogens is 520 g/mol. The van der Waals surface area contributed by atoms with E-state index in [4.69, 9.17) is 9.72 Å². The van der Waals surface area contributed by atoms with Crippen LogP contribution in [0.2, 0.25) is 0 Å². The monoisotopic (exact) mass is 552 g/mol. The van der Waals surface area contributed by atoms with Crippen molar-refractivity contribution in [2.75, 3.05) is 18.1 Å². The largest absolute Gasteiger partial charge is 0.452 e.